The van der Waals surface area contributed by atoms with Gasteiger partial charge in [0.2, 0.25) is 5.91 Å². The number of carbonyl (C=O) groups is 1. The highest BCUT2D eigenvalue weighted by molar-refractivity contribution is 5.89. The van der Waals surface area contributed by atoms with E-state index < -0.39 is 0 Å². The minimum Gasteiger partial charge on any atom is -0.320 e. The first-order valence-electron chi connectivity index (χ1n) is 8.32. The summed E-state index contributed by atoms with van der Waals surface area (Å²) in [5.41, 5.74) is 1.63. The lowest BCUT2D eigenvalue weighted by atomic mass is 9.90. The van der Waals surface area contributed by atoms with E-state index in [1.807, 2.05) is 55.8 Å². The van der Waals surface area contributed by atoms with Crippen LogP contribution >= 0.6 is 0 Å². The molecule has 130 valence electrons. The van der Waals surface area contributed by atoms with E-state index in [4.69, 9.17) is 0 Å². The Bertz CT molecular complexity index is 777. The normalized spacial score (nSPS) is 11.8. The van der Waals surface area contributed by atoms with Gasteiger partial charge in [-0.1, -0.05) is 52.8 Å². The first-order valence-corrected chi connectivity index (χ1v) is 8.32. The van der Waals surface area contributed by atoms with Gasteiger partial charge in [-0.3, -0.25) is 14.3 Å². The fourth-order valence-corrected chi connectivity index (χ4v) is 2.88. The van der Waals surface area contributed by atoms with Crippen LogP contribution in [0, 0.1) is 5.92 Å². The van der Waals surface area contributed by atoms with Crippen molar-refractivity contribution in [3.63, 3.8) is 0 Å². The van der Waals surface area contributed by atoms with Crippen LogP contribution in [0.4, 0.5) is 5.69 Å². The number of para-hydroxylation sites is 1. The van der Waals surface area contributed by atoms with Crippen molar-refractivity contribution >= 4 is 11.6 Å². The molecule has 0 fully saturated rings. The number of aromatic nitrogens is 2. The Kier molecular flexibility index (Phi) is 5.02. The molecule has 0 bridgehead atoms. The SMILES string of the molecule is CC(=O)Nc1c(C(C)(C)C)n(-c2ccccc2)n(CC(C)C)c1=O. The van der Waals surface area contributed by atoms with Crippen molar-refractivity contribution in [2.45, 2.75) is 53.5 Å². The highest BCUT2D eigenvalue weighted by Gasteiger charge is 2.30. The van der Waals surface area contributed by atoms with Crippen molar-refractivity contribution in [3.8, 4) is 5.69 Å². The number of amides is 1. The first kappa shape index (κ1) is 18.0. The van der Waals surface area contributed by atoms with Crippen LogP contribution in [0.15, 0.2) is 35.1 Å². The Labute approximate surface area is 143 Å². The summed E-state index contributed by atoms with van der Waals surface area (Å²) >= 11 is 0. The standard InChI is InChI=1S/C19H27N3O2/c1-13(2)12-21-18(24)16(20-14(3)23)17(19(4,5)6)22(21)15-10-8-7-9-11-15/h7-11,13H,12H2,1-6H3,(H,20,23). The Morgan fingerprint density at radius 1 is 1.17 bits per heavy atom. The van der Waals surface area contributed by atoms with E-state index in [9.17, 15) is 9.59 Å². The fourth-order valence-electron chi connectivity index (χ4n) is 2.88. The van der Waals surface area contributed by atoms with E-state index in [0.717, 1.165) is 11.4 Å². The Balaban J connectivity index is 2.87. The van der Waals surface area contributed by atoms with Gasteiger partial charge in [-0.05, 0) is 18.1 Å². The summed E-state index contributed by atoms with van der Waals surface area (Å²) in [6.45, 7) is 12.3. The van der Waals surface area contributed by atoms with Crippen LogP contribution in [-0.2, 0) is 16.8 Å². The Hall–Kier alpha value is -2.30. The summed E-state index contributed by atoms with van der Waals surface area (Å²) in [4.78, 5) is 24.7. The highest BCUT2D eigenvalue weighted by atomic mass is 16.2. The molecule has 5 nitrogen and oxygen atoms in total. The maximum Gasteiger partial charge on any atom is 0.291 e. The molecule has 1 amide bonds. The lowest BCUT2D eigenvalue weighted by molar-refractivity contribution is -0.114. The van der Waals surface area contributed by atoms with E-state index >= 15 is 0 Å². The molecule has 0 spiro atoms. The van der Waals surface area contributed by atoms with Gasteiger partial charge >= 0.3 is 0 Å². The summed E-state index contributed by atoms with van der Waals surface area (Å²) in [5, 5.41) is 2.76. The number of carbonyl (C=O) groups excluding carboxylic acids is 1. The summed E-state index contributed by atoms with van der Waals surface area (Å²) in [6, 6.07) is 9.80. The van der Waals surface area contributed by atoms with Crippen molar-refractivity contribution in [2.75, 3.05) is 5.32 Å². The van der Waals surface area contributed by atoms with Crippen molar-refractivity contribution in [3.05, 3.63) is 46.4 Å². The zero-order chi connectivity index (χ0) is 18.1. The molecule has 0 aliphatic rings. The lowest BCUT2D eigenvalue weighted by Gasteiger charge is -2.24. The quantitative estimate of drug-likeness (QED) is 0.932. The van der Waals surface area contributed by atoms with Gasteiger partial charge in [0, 0.05) is 18.9 Å². The predicted molar refractivity (Wildman–Crippen MR) is 97.9 cm³/mol. The smallest absolute Gasteiger partial charge is 0.291 e. The predicted octanol–water partition coefficient (Wildman–Crippen LogP) is 3.55. The number of hydrogen-bond donors (Lipinski definition) is 1. The van der Waals surface area contributed by atoms with Crippen LogP contribution in [0.2, 0.25) is 0 Å². The van der Waals surface area contributed by atoms with Gasteiger partial charge in [0.1, 0.15) is 5.69 Å². The Morgan fingerprint density at radius 3 is 2.21 bits per heavy atom. The molecule has 0 atom stereocenters. The van der Waals surface area contributed by atoms with Gasteiger partial charge in [-0.15, -0.1) is 0 Å². The van der Waals surface area contributed by atoms with Crippen LogP contribution < -0.4 is 10.9 Å². The van der Waals surface area contributed by atoms with E-state index in [-0.39, 0.29) is 16.9 Å². The van der Waals surface area contributed by atoms with E-state index in [0.29, 0.717) is 18.2 Å². The highest BCUT2D eigenvalue weighted by Crippen LogP contribution is 2.30. The maximum absolute atomic E-state index is 13.0. The van der Waals surface area contributed by atoms with E-state index in [1.54, 1.807) is 4.68 Å². The third-order valence-corrected chi connectivity index (χ3v) is 3.69. The zero-order valence-corrected chi connectivity index (χ0v) is 15.4. The summed E-state index contributed by atoms with van der Waals surface area (Å²) < 4.78 is 3.68. The molecule has 0 aliphatic heterocycles. The average molecular weight is 329 g/mol. The molecule has 24 heavy (non-hydrogen) atoms. The second-order valence-electron chi connectivity index (χ2n) is 7.58. The number of nitrogens with zero attached hydrogens (tertiary/aromatic N) is 2. The molecule has 0 aliphatic carbocycles. The topological polar surface area (TPSA) is 56.0 Å². The average Bonchev–Trinajstić information content (AvgIpc) is 2.72. The van der Waals surface area contributed by atoms with Gasteiger partial charge in [-0.25, -0.2) is 4.68 Å². The lowest BCUT2D eigenvalue weighted by Crippen LogP contribution is -2.27. The summed E-state index contributed by atoms with van der Waals surface area (Å²) in [7, 11) is 0. The number of anilines is 1. The van der Waals surface area contributed by atoms with Crippen molar-refractivity contribution in [2.24, 2.45) is 5.92 Å². The number of hydrogen-bond acceptors (Lipinski definition) is 2. The van der Waals surface area contributed by atoms with Gasteiger partial charge in [0.25, 0.3) is 5.56 Å². The summed E-state index contributed by atoms with van der Waals surface area (Å²) in [5.74, 6) is 0.0672. The van der Waals surface area contributed by atoms with Gasteiger partial charge in [0.05, 0.1) is 11.4 Å². The second kappa shape index (κ2) is 6.67. The molecule has 2 rings (SSSR count). The number of nitrogens with one attached hydrogen (secondary N) is 1. The van der Waals surface area contributed by atoms with Gasteiger partial charge in [-0.2, -0.15) is 0 Å². The molecule has 1 heterocycles. The molecule has 0 radical (unpaired) electrons. The van der Waals surface area contributed by atoms with Crippen molar-refractivity contribution < 1.29 is 4.79 Å². The fraction of sp³-hybridized carbons (Fsp3) is 0.474. The molecule has 2 aromatic rings. The van der Waals surface area contributed by atoms with Crippen LogP contribution in [-0.4, -0.2) is 15.3 Å². The first-order chi connectivity index (χ1) is 11.1. The molecule has 1 N–H and O–H groups in total. The van der Waals surface area contributed by atoms with Gasteiger partial charge < -0.3 is 5.32 Å². The number of benzene rings is 1. The van der Waals surface area contributed by atoms with Crippen molar-refractivity contribution in [1.29, 1.82) is 0 Å². The molecule has 0 saturated carbocycles. The Morgan fingerprint density at radius 2 is 1.75 bits per heavy atom. The molecular formula is C19H27N3O2. The largest absolute Gasteiger partial charge is 0.320 e. The molecule has 0 unspecified atom stereocenters. The van der Waals surface area contributed by atoms with E-state index in [2.05, 4.69) is 19.2 Å². The second-order valence-corrected chi connectivity index (χ2v) is 7.58. The van der Waals surface area contributed by atoms with Gasteiger partial charge in [0.15, 0.2) is 0 Å². The molecule has 1 aromatic carbocycles. The van der Waals surface area contributed by atoms with Crippen LogP contribution in [0.1, 0.15) is 47.2 Å². The molecule has 1 aromatic heterocycles. The van der Waals surface area contributed by atoms with Crippen LogP contribution in [0.25, 0.3) is 5.69 Å². The molecular weight excluding hydrogens is 302 g/mol. The monoisotopic (exact) mass is 329 g/mol. The zero-order valence-electron chi connectivity index (χ0n) is 15.4. The molecule has 5 heteroatoms. The summed E-state index contributed by atoms with van der Waals surface area (Å²) in [6.07, 6.45) is 0. The number of rotatable bonds is 4. The van der Waals surface area contributed by atoms with E-state index in [1.165, 1.54) is 6.92 Å². The van der Waals surface area contributed by atoms with Crippen molar-refractivity contribution in [1.82, 2.24) is 9.36 Å². The van der Waals surface area contributed by atoms with Crippen LogP contribution in [0.5, 0.6) is 0 Å². The third kappa shape index (κ3) is 3.61. The third-order valence-electron chi connectivity index (χ3n) is 3.69. The minimum absolute atomic E-state index is 0.160. The minimum atomic E-state index is -0.311. The molecule has 0 saturated heterocycles. The maximum atomic E-state index is 13.0. The van der Waals surface area contributed by atoms with Crippen LogP contribution in [0.3, 0.4) is 0 Å².